The number of hydrogen-bond acceptors (Lipinski definition) is 4. The molecular formula is C25H21F3N4O2. The van der Waals surface area contributed by atoms with Gasteiger partial charge in [-0.2, -0.15) is 13.2 Å². The maximum absolute atomic E-state index is 13.4. The molecule has 2 amide bonds. The summed E-state index contributed by atoms with van der Waals surface area (Å²) in [5.74, 6) is 0.294. The van der Waals surface area contributed by atoms with Crippen molar-refractivity contribution in [1.29, 1.82) is 0 Å². The molecule has 34 heavy (non-hydrogen) atoms. The third-order valence-electron chi connectivity index (χ3n) is 6.18. The summed E-state index contributed by atoms with van der Waals surface area (Å²) in [7, 11) is 0. The Bertz CT molecular complexity index is 1290. The molecule has 0 saturated carbocycles. The molecule has 174 valence electrons. The van der Waals surface area contributed by atoms with Crippen molar-refractivity contribution in [2.75, 3.05) is 28.2 Å². The minimum absolute atomic E-state index is 0.113. The van der Waals surface area contributed by atoms with Gasteiger partial charge in [-0.25, -0.2) is 9.78 Å². The average Bonchev–Trinajstić information content (AvgIpc) is 3.22. The molecule has 0 unspecified atom stereocenters. The Morgan fingerprint density at radius 3 is 2.62 bits per heavy atom. The highest BCUT2D eigenvalue weighted by Crippen LogP contribution is 2.41. The van der Waals surface area contributed by atoms with Crippen molar-refractivity contribution >= 4 is 29.0 Å². The van der Waals surface area contributed by atoms with Crippen LogP contribution in [-0.2, 0) is 6.18 Å². The Balaban J connectivity index is 1.51. The van der Waals surface area contributed by atoms with Gasteiger partial charge < -0.3 is 10.2 Å². The number of Topliss-reactive ketones (excluding diaryl/α,β-unsaturated/α-hetero) is 1. The van der Waals surface area contributed by atoms with Gasteiger partial charge in [0.15, 0.2) is 11.6 Å². The number of hydrogen-bond donors (Lipinski definition) is 1. The molecule has 2 aromatic carbocycles. The van der Waals surface area contributed by atoms with E-state index < -0.39 is 17.8 Å². The Morgan fingerprint density at radius 1 is 1.06 bits per heavy atom. The second kappa shape index (κ2) is 8.16. The Hall–Kier alpha value is -3.88. The number of pyridine rings is 1. The molecule has 0 spiro atoms. The topological polar surface area (TPSA) is 65.5 Å². The molecule has 3 aromatic rings. The van der Waals surface area contributed by atoms with Gasteiger partial charge in [-0.05, 0) is 49.7 Å². The Morgan fingerprint density at radius 2 is 1.85 bits per heavy atom. The minimum Gasteiger partial charge on any atom is -0.366 e. The first-order valence-corrected chi connectivity index (χ1v) is 10.9. The zero-order valence-corrected chi connectivity index (χ0v) is 18.3. The number of rotatable bonds is 3. The summed E-state index contributed by atoms with van der Waals surface area (Å²) in [4.78, 5) is 33.4. The normalized spacial score (nSPS) is 16.9. The quantitative estimate of drug-likeness (QED) is 0.511. The van der Waals surface area contributed by atoms with Crippen LogP contribution in [0.1, 0.15) is 29.3 Å². The number of fused-ring (bicyclic) bond motifs is 4. The van der Waals surface area contributed by atoms with Gasteiger partial charge in [0.05, 0.1) is 23.0 Å². The summed E-state index contributed by atoms with van der Waals surface area (Å²) in [5, 5.41) is 2.85. The number of alkyl halides is 3. The molecule has 3 heterocycles. The summed E-state index contributed by atoms with van der Waals surface area (Å²) >= 11 is 0. The highest BCUT2D eigenvalue weighted by molar-refractivity contribution is 6.05. The van der Waals surface area contributed by atoms with Crippen molar-refractivity contribution in [1.82, 2.24) is 4.98 Å². The molecule has 5 rings (SSSR count). The van der Waals surface area contributed by atoms with Crippen LogP contribution >= 0.6 is 0 Å². The number of carbonyl (C=O) groups excluding carboxylic acids is 2. The second-order valence-electron chi connectivity index (χ2n) is 8.44. The van der Waals surface area contributed by atoms with E-state index in [-0.39, 0.29) is 11.8 Å². The molecule has 6 nitrogen and oxygen atoms in total. The van der Waals surface area contributed by atoms with E-state index in [1.807, 2.05) is 0 Å². The van der Waals surface area contributed by atoms with E-state index in [9.17, 15) is 22.8 Å². The lowest BCUT2D eigenvalue weighted by molar-refractivity contribution is -0.137. The van der Waals surface area contributed by atoms with Gasteiger partial charge in [-0.15, -0.1) is 0 Å². The van der Waals surface area contributed by atoms with Gasteiger partial charge in [0.2, 0.25) is 0 Å². The van der Waals surface area contributed by atoms with E-state index in [0.717, 1.165) is 30.8 Å². The van der Waals surface area contributed by atoms with Crippen molar-refractivity contribution in [3.05, 3.63) is 71.8 Å². The van der Waals surface area contributed by atoms with Crippen LogP contribution < -0.4 is 15.1 Å². The van der Waals surface area contributed by atoms with Crippen LogP contribution in [0, 0.1) is 0 Å². The molecular weight excluding hydrogens is 445 g/mol. The number of benzene rings is 2. The van der Waals surface area contributed by atoms with Crippen molar-refractivity contribution in [2.45, 2.75) is 25.6 Å². The third kappa shape index (κ3) is 3.98. The van der Waals surface area contributed by atoms with Crippen molar-refractivity contribution in [2.24, 2.45) is 0 Å². The number of anilines is 3. The average molecular weight is 466 g/mol. The predicted octanol–water partition coefficient (Wildman–Crippen LogP) is 5.60. The molecule has 1 aromatic heterocycles. The number of urea groups is 1. The maximum Gasteiger partial charge on any atom is 0.416 e. The largest absolute Gasteiger partial charge is 0.416 e. The first-order valence-electron chi connectivity index (χ1n) is 10.9. The molecule has 2 bridgehead atoms. The fourth-order valence-corrected chi connectivity index (χ4v) is 4.49. The zero-order valence-electron chi connectivity index (χ0n) is 18.3. The monoisotopic (exact) mass is 466 g/mol. The fraction of sp³-hybridized carbons (Fsp3) is 0.240. The van der Waals surface area contributed by atoms with Crippen LogP contribution in [0.15, 0.2) is 60.7 Å². The first kappa shape index (κ1) is 21.9. The number of halogens is 3. The molecule has 1 N–H and O–H groups in total. The zero-order chi connectivity index (χ0) is 24.0. The van der Waals surface area contributed by atoms with Gasteiger partial charge >= 0.3 is 12.2 Å². The molecule has 1 fully saturated rings. The summed E-state index contributed by atoms with van der Waals surface area (Å²) in [5.41, 5.74) is 1.64. The van der Waals surface area contributed by atoms with Crippen LogP contribution in [0.2, 0.25) is 0 Å². The van der Waals surface area contributed by atoms with Crippen LogP contribution in [-0.4, -0.2) is 35.9 Å². The lowest BCUT2D eigenvalue weighted by atomic mass is 10.1. The Labute approximate surface area is 194 Å². The number of nitrogens with zero attached hydrogens (tertiary/aromatic N) is 3. The van der Waals surface area contributed by atoms with Crippen LogP contribution in [0.5, 0.6) is 0 Å². The van der Waals surface area contributed by atoms with Gasteiger partial charge in [0.25, 0.3) is 0 Å². The van der Waals surface area contributed by atoms with E-state index in [1.165, 1.54) is 13.0 Å². The molecule has 1 atom stereocenters. The number of nitrogens with one attached hydrogen (secondary N) is 1. The van der Waals surface area contributed by atoms with Gasteiger partial charge in [0, 0.05) is 29.9 Å². The van der Waals surface area contributed by atoms with Gasteiger partial charge in [0.1, 0.15) is 0 Å². The molecule has 2 aliphatic rings. The van der Waals surface area contributed by atoms with Crippen molar-refractivity contribution in [3.63, 3.8) is 0 Å². The number of carbonyl (C=O) groups is 2. The molecule has 0 radical (unpaired) electrons. The van der Waals surface area contributed by atoms with Crippen LogP contribution in [0.25, 0.3) is 11.3 Å². The highest BCUT2D eigenvalue weighted by atomic mass is 19.4. The van der Waals surface area contributed by atoms with Crippen LogP contribution in [0.4, 0.5) is 35.2 Å². The van der Waals surface area contributed by atoms with E-state index in [0.29, 0.717) is 34.9 Å². The molecule has 2 aliphatic heterocycles. The van der Waals surface area contributed by atoms with Crippen LogP contribution in [0.3, 0.4) is 0 Å². The molecule has 1 saturated heterocycles. The van der Waals surface area contributed by atoms with E-state index >= 15 is 0 Å². The Kier molecular flexibility index (Phi) is 5.27. The highest BCUT2D eigenvalue weighted by Gasteiger charge is 2.40. The fourth-order valence-electron chi connectivity index (χ4n) is 4.49. The smallest absolute Gasteiger partial charge is 0.366 e. The summed E-state index contributed by atoms with van der Waals surface area (Å²) in [6, 6.07) is 14.6. The number of amides is 2. The standard InChI is InChI=1S/C25H21F3N4O2/c1-15(33)16-4-3-7-19(13-16)29-24(34)32-20-10-11-31(14-20)22-9-8-21(30-23(22)32)17-5-2-6-18(12-17)25(26,27)28/h2-9,12-13,20H,10-11,14H2,1H3,(H,29,34)/t20-/m0/s1. The number of ketones is 1. The SMILES string of the molecule is CC(=O)c1cccc(NC(=O)N2c3nc(-c4cccc(C(F)(F)F)c4)ccc3N3CC[C@H]2C3)c1. The summed E-state index contributed by atoms with van der Waals surface area (Å²) in [6.07, 6.45) is -3.72. The number of aromatic nitrogens is 1. The van der Waals surface area contributed by atoms with E-state index in [2.05, 4.69) is 15.2 Å². The first-order chi connectivity index (χ1) is 16.2. The molecule has 9 heteroatoms. The maximum atomic E-state index is 13.4. The van der Waals surface area contributed by atoms with Gasteiger partial charge in [-0.3, -0.25) is 9.69 Å². The van der Waals surface area contributed by atoms with Crippen molar-refractivity contribution < 1.29 is 22.8 Å². The van der Waals surface area contributed by atoms with Gasteiger partial charge in [-0.1, -0.05) is 24.3 Å². The second-order valence-corrected chi connectivity index (χ2v) is 8.44. The van der Waals surface area contributed by atoms with E-state index in [4.69, 9.17) is 0 Å². The van der Waals surface area contributed by atoms with Crippen molar-refractivity contribution in [3.8, 4) is 11.3 Å². The lowest BCUT2D eigenvalue weighted by Crippen LogP contribution is -2.48. The minimum atomic E-state index is -4.46. The predicted molar refractivity (Wildman–Crippen MR) is 123 cm³/mol. The summed E-state index contributed by atoms with van der Waals surface area (Å²) in [6.45, 7) is 2.86. The van der Waals surface area contributed by atoms with E-state index in [1.54, 1.807) is 47.4 Å². The third-order valence-corrected chi connectivity index (χ3v) is 6.18. The summed E-state index contributed by atoms with van der Waals surface area (Å²) < 4.78 is 39.6. The lowest BCUT2D eigenvalue weighted by Gasteiger charge is -2.36. The molecule has 0 aliphatic carbocycles.